The number of amides is 1. The van der Waals surface area contributed by atoms with Gasteiger partial charge in [0.05, 0.1) is 10.0 Å². The van der Waals surface area contributed by atoms with Gasteiger partial charge in [-0.25, -0.2) is 0 Å². The average Bonchev–Trinajstić information content (AvgIpc) is 2.85. The molecular weight excluding hydrogens is 283 g/mol. The fraction of sp³-hybridized carbons (Fsp3) is 0.500. The zero-order valence-electron chi connectivity index (χ0n) is 10.9. The number of benzene rings is 1. The van der Waals surface area contributed by atoms with Gasteiger partial charge in [0, 0.05) is 11.6 Å². The molecule has 1 aliphatic rings. The molecule has 2 rings (SSSR count). The van der Waals surface area contributed by atoms with E-state index in [1.165, 1.54) is 12.8 Å². The molecule has 0 bridgehead atoms. The van der Waals surface area contributed by atoms with E-state index in [1.54, 1.807) is 25.1 Å². The first-order chi connectivity index (χ1) is 8.95. The van der Waals surface area contributed by atoms with Crippen LogP contribution >= 0.6 is 23.2 Å². The van der Waals surface area contributed by atoms with Crippen LogP contribution in [0.25, 0.3) is 0 Å². The average molecular weight is 301 g/mol. The Morgan fingerprint density at radius 1 is 1.37 bits per heavy atom. The van der Waals surface area contributed by atoms with Crippen molar-refractivity contribution in [3.8, 4) is 0 Å². The van der Waals surface area contributed by atoms with Gasteiger partial charge in [0.25, 0.3) is 0 Å². The molecular formula is C14H18Cl2N2O. The SMILES string of the molecule is CC(NC1CCCC1)(C(N)=O)c1cccc(Cl)c1Cl. The molecule has 0 radical (unpaired) electrons. The third kappa shape index (κ3) is 2.88. The molecule has 1 fully saturated rings. The summed E-state index contributed by atoms with van der Waals surface area (Å²) in [5.41, 5.74) is 5.25. The summed E-state index contributed by atoms with van der Waals surface area (Å²) >= 11 is 12.3. The third-order valence-corrected chi connectivity index (χ3v) is 4.65. The zero-order chi connectivity index (χ0) is 14.0. The van der Waals surface area contributed by atoms with Crippen LogP contribution in [0.15, 0.2) is 18.2 Å². The summed E-state index contributed by atoms with van der Waals surface area (Å²) in [6.07, 6.45) is 4.47. The molecule has 1 unspecified atom stereocenters. The van der Waals surface area contributed by atoms with Crippen LogP contribution in [0.5, 0.6) is 0 Å². The number of hydrogen-bond donors (Lipinski definition) is 2. The van der Waals surface area contributed by atoms with Crippen LogP contribution < -0.4 is 11.1 Å². The maximum Gasteiger partial charge on any atom is 0.242 e. The van der Waals surface area contributed by atoms with Crippen LogP contribution in [0, 0.1) is 0 Å². The summed E-state index contributed by atoms with van der Waals surface area (Å²) < 4.78 is 0. The minimum atomic E-state index is -0.989. The Labute approximate surface area is 123 Å². The Morgan fingerprint density at radius 2 is 2.00 bits per heavy atom. The summed E-state index contributed by atoms with van der Waals surface area (Å²) in [6, 6.07) is 5.57. The maximum atomic E-state index is 11.9. The van der Waals surface area contributed by atoms with Crippen molar-refractivity contribution in [2.45, 2.75) is 44.2 Å². The molecule has 1 saturated carbocycles. The van der Waals surface area contributed by atoms with E-state index >= 15 is 0 Å². The Hall–Kier alpha value is -0.770. The van der Waals surface area contributed by atoms with Crippen molar-refractivity contribution in [2.24, 2.45) is 5.73 Å². The molecule has 1 aromatic carbocycles. The number of carbonyl (C=O) groups excluding carboxylic acids is 1. The first-order valence-corrected chi connectivity index (χ1v) is 7.23. The highest BCUT2D eigenvalue weighted by Crippen LogP contribution is 2.34. The van der Waals surface area contributed by atoms with Gasteiger partial charge in [0.2, 0.25) is 5.91 Å². The molecule has 1 amide bonds. The second-order valence-electron chi connectivity index (χ2n) is 5.22. The topological polar surface area (TPSA) is 55.1 Å². The molecule has 0 aliphatic heterocycles. The van der Waals surface area contributed by atoms with Gasteiger partial charge in [-0.05, 0) is 25.8 Å². The number of rotatable bonds is 4. The lowest BCUT2D eigenvalue weighted by Gasteiger charge is -2.32. The standard InChI is InChI=1S/C14H18Cl2N2O/c1-14(13(17)19,18-9-5-2-3-6-9)10-7-4-8-11(15)12(10)16/h4,7-9,18H,2-3,5-6H2,1H3,(H2,17,19). The Kier molecular flexibility index (Phi) is 4.39. The van der Waals surface area contributed by atoms with Crippen molar-refractivity contribution in [3.63, 3.8) is 0 Å². The van der Waals surface area contributed by atoms with E-state index in [9.17, 15) is 4.79 Å². The first-order valence-electron chi connectivity index (χ1n) is 6.47. The molecule has 0 spiro atoms. The fourth-order valence-electron chi connectivity index (χ4n) is 2.65. The van der Waals surface area contributed by atoms with Gasteiger partial charge in [-0.15, -0.1) is 0 Å². The molecule has 0 heterocycles. The van der Waals surface area contributed by atoms with Crippen LogP contribution in [0.4, 0.5) is 0 Å². The minimum Gasteiger partial charge on any atom is -0.368 e. The quantitative estimate of drug-likeness (QED) is 0.897. The molecule has 0 saturated heterocycles. The van der Waals surface area contributed by atoms with Gasteiger partial charge >= 0.3 is 0 Å². The van der Waals surface area contributed by atoms with Crippen molar-refractivity contribution < 1.29 is 4.79 Å². The second-order valence-corrected chi connectivity index (χ2v) is 6.00. The van der Waals surface area contributed by atoms with Crippen molar-refractivity contribution in [2.75, 3.05) is 0 Å². The molecule has 3 nitrogen and oxygen atoms in total. The summed E-state index contributed by atoms with van der Waals surface area (Å²) in [7, 11) is 0. The molecule has 1 atom stereocenters. The van der Waals surface area contributed by atoms with E-state index < -0.39 is 11.4 Å². The van der Waals surface area contributed by atoms with E-state index in [0.717, 1.165) is 12.8 Å². The molecule has 0 aromatic heterocycles. The van der Waals surface area contributed by atoms with Crippen molar-refractivity contribution in [3.05, 3.63) is 33.8 Å². The molecule has 19 heavy (non-hydrogen) atoms. The lowest BCUT2D eigenvalue weighted by Crippen LogP contribution is -2.53. The largest absolute Gasteiger partial charge is 0.368 e. The number of hydrogen-bond acceptors (Lipinski definition) is 2. The highest BCUT2D eigenvalue weighted by atomic mass is 35.5. The maximum absolute atomic E-state index is 11.9. The van der Waals surface area contributed by atoms with E-state index in [0.29, 0.717) is 21.7 Å². The number of halogens is 2. The third-order valence-electron chi connectivity index (χ3n) is 3.83. The second kappa shape index (κ2) is 5.70. The van der Waals surface area contributed by atoms with Crippen molar-refractivity contribution in [1.29, 1.82) is 0 Å². The van der Waals surface area contributed by atoms with Crippen LogP contribution in [-0.4, -0.2) is 11.9 Å². The Balaban J connectivity index is 2.37. The molecule has 3 N–H and O–H groups in total. The van der Waals surface area contributed by atoms with Gasteiger partial charge in [-0.1, -0.05) is 48.2 Å². The summed E-state index contributed by atoms with van der Waals surface area (Å²) in [5, 5.41) is 4.17. The van der Waals surface area contributed by atoms with Crippen LogP contribution in [0.1, 0.15) is 38.2 Å². The number of carbonyl (C=O) groups is 1. The lowest BCUT2D eigenvalue weighted by molar-refractivity contribution is -0.124. The van der Waals surface area contributed by atoms with Gasteiger partial charge in [0.15, 0.2) is 0 Å². The Bertz CT molecular complexity index is 486. The van der Waals surface area contributed by atoms with Gasteiger partial charge in [-0.2, -0.15) is 0 Å². The summed E-state index contributed by atoms with van der Waals surface area (Å²) in [5.74, 6) is -0.441. The van der Waals surface area contributed by atoms with Gasteiger partial charge < -0.3 is 5.73 Å². The first kappa shape index (κ1) is 14.6. The minimum absolute atomic E-state index is 0.299. The highest BCUT2D eigenvalue weighted by molar-refractivity contribution is 6.42. The van der Waals surface area contributed by atoms with E-state index in [4.69, 9.17) is 28.9 Å². The van der Waals surface area contributed by atoms with E-state index in [2.05, 4.69) is 5.32 Å². The van der Waals surface area contributed by atoms with Gasteiger partial charge in [0.1, 0.15) is 5.54 Å². The van der Waals surface area contributed by atoms with Gasteiger partial charge in [-0.3, -0.25) is 10.1 Å². The fourth-order valence-corrected chi connectivity index (χ4v) is 3.14. The van der Waals surface area contributed by atoms with Crippen molar-refractivity contribution in [1.82, 2.24) is 5.32 Å². The summed E-state index contributed by atoms with van der Waals surface area (Å²) in [4.78, 5) is 11.9. The smallest absolute Gasteiger partial charge is 0.242 e. The lowest BCUT2D eigenvalue weighted by atomic mass is 9.90. The van der Waals surface area contributed by atoms with Crippen LogP contribution in [0.2, 0.25) is 10.0 Å². The number of nitrogens with one attached hydrogen (secondary N) is 1. The normalized spacial score (nSPS) is 19.3. The summed E-state index contributed by atoms with van der Waals surface area (Å²) in [6.45, 7) is 1.77. The number of primary amides is 1. The molecule has 104 valence electrons. The number of nitrogens with two attached hydrogens (primary N) is 1. The Morgan fingerprint density at radius 3 is 2.58 bits per heavy atom. The molecule has 1 aromatic rings. The highest BCUT2D eigenvalue weighted by Gasteiger charge is 2.37. The van der Waals surface area contributed by atoms with E-state index in [1.807, 2.05) is 0 Å². The van der Waals surface area contributed by atoms with Crippen LogP contribution in [0.3, 0.4) is 0 Å². The molecule has 5 heteroatoms. The predicted molar refractivity (Wildman–Crippen MR) is 78.4 cm³/mol. The van der Waals surface area contributed by atoms with E-state index in [-0.39, 0.29) is 0 Å². The van der Waals surface area contributed by atoms with Crippen molar-refractivity contribution >= 4 is 29.1 Å². The monoisotopic (exact) mass is 300 g/mol. The van der Waals surface area contributed by atoms with Crippen LogP contribution in [-0.2, 0) is 10.3 Å². The molecule has 1 aliphatic carbocycles. The zero-order valence-corrected chi connectivity index (χ0v) is 12.4. The predicted octanol–water partition coefficient (Wildman–Crippen LogP) is 3.23.